The Hall–Kier alpha value is -3.42. The van der Waals surface area contributed by atoms with Gasteiger partial charge in [-0.2, -0.15) is 5.10 Å². The Morgan fingerprint density at radius 3 is 2.64 bits per heavy atom. The Morgan fingerprint density at radius 2 is 2.04 bits per heavy atom. The Morgan fingerprint density at radius 1 is 1.32 bits per heavy atom. The number of carbonyl (C=O) groups is 1. The molecule has 0 fully saturated rings. The maximum absolute atomic E-state index is 11.7. The summed E-state index contributed by atoms with van der Waals surface area (Å²) in [6.07, 6.45) is 3.14. The van der Waals surface area contributed by atoms with E-state index in [4.69, 9.17) is 10.9 Å². The summed E-state index contributed by atoms with van der Waals surface area (Å²) in [5, 5.41) is 16.2. The van der Waals surface area contributed by atoms with Gasteiger partial charge >= 0.3 is 0 Å². The van der Waals surface area contributed by atoms with Crippen molar-refractivity contribution >= 4 is 23.1 Å². The van der Waals surface area contributed by atoms with Crippen LogP contribution in [0.1, 0.15) is 19.4 Å². The van der Waals surface area contributed by atoms with E-state index in [9.17, 15) is 4.79 Å². The number of nitrogens with two attached hydrogens (primary N) is 1. The van der Waals surface area contributed by atoms with Crippen LogP contribution in [0.2, 0.25) is 0 Å². The summed E-state index contributed by atoms with van der Waals surface area (Å²) in [6, 6.07) is 9.44. The number of amidine groups is 1. The molecule has 3 rings (SSSR count). The van der Waals surface area contributed by atoms with Crippen LogP contribution in [0, 0.1) is 0 Å². The van der Waals surface area contributed by atoms with Crippen molar-refractivity contribution in [2.24, 2.45) is 10.9 Å². The number of nitrogens with zero attached hydrogens (tertiary/aromatic N) is 5. The van der Waals surface area contributed by atoms with Crippen molar-refractivity contribution in [3.8, 4) is 11.3 Å². The number of aromatic nitrogens is 3. The minimum absolute atomic E-state index is 0.00274. The lowest BCUT2D eigenvalue weighted by atomic mass is 10.1. The molecule has 0 aliphatic rings. The molecule has 0 aliphatic heterocycles. The van der Waals surface area contributed by atoms with E-state index in [0.29, 0.717) is 17.8 Å². The Kier molecular flexibility index (Phi) is 4.34. The first-order chi connectivity index (χ1) is 12.1. The van der Waals surface area contributed by atoms with E-state index in [2.05, 4.69) is 15.2 Å². The van der Waals surface area contributed by atoms with E-state index in [1.54, 1.807) is 22.5 Å². The van der Waals surface area contributed by atoms with Gasteiger partial charge in [0.2, 0.25) is 5.91 Å². The van der Waals surface area contributed by atoms with E-state index in [1.807, 2.05) is 37.3 Å². The summed E-state index contributed by atoms with van der Waals surface area (Å²) in [6.45, 7) is 4.08. The first-order valence-corrected chi connectivity index (χ1v) is 7.76. The molecule has 2 heterocycles. The van der Waals surface area contributed by atoms with Crippen molar-refractivity contribution in [2.75, 3.05) is 11.4 Å². The molecule has 0 saturated heterocycles. The van der Waals surface area contributed by atoms with Crippen molar-refractivity contribution < 1.29 is 10.0 Å². The molecule has 8 heteroatoms. The van der Waals surface area contributed by atoms with Crippen molar-refractivity contribution in [1.29, 1.82) is 0 Å². The SMILES string of the molecule is CCN(C(C)=O)c1ccc(-c2ccnc3c(/C(N)=N/O)cnn23)cc1. The summed E-state index contributed by atoms with van der Waals surface area (Å²) in [7, 11) is 0. The lowest BCUT2D eigenvalue weighted by Gasteiger charge is -2.19. The highest BCUT2D eigenvalue weighted by Crippen LogP contribution is 2.24. The molecule has 0 atom stereocenters. The van der Waals surface area contributed by atoms with Crippen LogP contribution in [0.4, 0.5) is 5.69 Å². The topological polar surface area (TPSA) is 109 Å². The van der Waals surface area contributed by atoms with E-state index < -0.39 is 0 Å². The summed E-state index contributed by atoms with van der Waals surface area (Å²) >= 11 is 0. The number of rotatable bonds is 4. The number of hydrogen-bond donors (Lipinski definition) is 2. The van der Waals surface area contributed by atoms with Gasteiger partial charge in [-0.05, 0) is 25.1 Å². The number of carbonyl (C=O) groups excluding carboxylic acids is 1. The van der Waals surface area contributed by atoms with Gasteiger partial charge in [-0.3, -0.25) is 4.79 Å². The van der Waals surface area contributed by atoms with Gasteiger partial charge < -0.3 is 15.8 Å². The van der Waals surface area contributed by atoms with Gasteiger partial charge in [0, 0.05) is 30.9 Å². The van der Waals surface area contributed by atoms with Crippen molar-refractivity contribution in [3.63, 3.8) is 0 Å². The first kappa shape index (κ1) is 16.4. The second-order valence-corrected chi connectivity index (χ2v) is 5.42. The highest BCUT2D eigenvalue weighted by atomic mass is 16.4. The van der Waals surface area contributed by atoms with Crippen molar-refractivity contribution in [2.45, 2.75) is 13.8 Å². The molecule has 0 aliphatic carbocycles. The third-order valence-corrected chi connectivity index (χ3v) is 3.96. The van der Waals surface area contributed by atoms with Crippen LogP contribution in [0.25, 0.3) is 16.9 Å². The summed E-state index contributed by atoms with van der Waals surface area (Å²) in [4.78, 5) is 17.6. The quantitative estimate of drug-likeness (QED) is 0.327. The third kappa shape index (κ3) is 2.89. The van der Waals surface area contributed by atoms with Crippen molar-refractivity contribution in [1.82, 2.24) is 14.6 Å². The predicted molar refractivity (Wildman–Crippen MR) is 94.6 cm³/mol. The van der Waals surface area contributed by atoms with Crippen LogP contribution in [0.5, 0.6) is 0 Å². The molecule has 1 aromatic carbocycles. The minimum atomic E-state index is -0.0463. The lowest BCUT2D eigenvalue weighted by Crippen LogP contribution is -2.27. The van der Waals surface area contributed by atoms with Crippen LogP contribution in [-0.2, 0) is 4.79 Å². The number of fused-ring (bicyclic) bond motifs is 1. The van der Waals surface area contributed by atoms with E-state index in [1.165, 1.54) is 6.20 Å². The molecule has 1 amide bonds. The molecule has 8 nitrogen and oxygen atoms in total. The average Bonchev–Trinajstić information content (AvgIpc) is 3.06. The largest absolute Gasteiger partial charge is 0.409 e. The zero-order valence-corrected chi connectivity index (χ0v) is 13.9. The summed E-state index contributed by atoms with van der Waals surface area (Å²) in [5.74, 6) is -0.0490. The normalized spacial score (nSPS) is 11.7. The Bertz CT molecular complexity index is 945. The molecule has 25 heavy (non-hydrogen) atoms. The molecular weight excluding hydrogens is 320 g/mol. The zero-order valence-electron chi connectivity index (χ0n) is 13.9. The summed E-state index contributed by atoms with van der Waals surface area (Å²) < 4.78 is 1.63. The monoisotopic (exact) mass is 338 g/mol. The van der Waals surface area contributed by atoms with Gasteiger partial charge in [0.1, 0.15) is 0 Å². The van der Waals surface area contributed by atoms with Gasteiger partial charge in [0.25, 0.3) is 0 Å². The second kappa shape index (κ2) is 6.60. The molecule has 0 saturated carbocycles. The average molecular weight is 338 g/mol. The van der Waals surface area contributed by atoms with Crippen LogP contribution in [-0.4, -0.2) is 38.1 Å². The number of anilines is 1. The molecule has 0 spiro atoms. The van der Waals surface area contributed by atoms with Gasteiger partial charge in [0.15, 0.2) is 11.5 Å². The molecular formula is C17H18N6O2. The van der Waals surface area contributed by atoms with E-state index >= 15 is 0 Å². The van der Waals surface area contributed by atoms with E-state index in [-0.39, 0.29) is 11.7 Å². The van der Waals surface area contributed by atoms with Crippen LogP contribution in [0.15, 0.2) is 47.9 Å². The van der Waals surface area contributed by atoms with Gasteiger partial charge in [0.05, 0.1) is 17.5 Å². The van der Waals surface area contributed by atoms with Gasteiger partial charge in [-0.1, -0.05) is 17.3 Å². The molecule has 0 radical (unpaired) electrons. The second-order valence-electron chi connectivity index (χ2n) is 5.42. The molecule has 2 aromatic heterocycles. The Labute approximate surface area is 144 Å². The highest BCUT2D eigenvalue weighted by Gasteiger charge is 2.14. The molecule has 0 bridgehead atoms. The fraction of sp³-hybridized carbons (Fsp3) is 0.176. The maximum Gasteiger partial charge on any atom is 0.223 e. The predicted octanol–water partition coefficient (Wildman–Crippen LogP) is 1.86. The van der Waals surface area contributed by atoms with Crippen LogP contribution in [0.3, 0.4) is 0 Å². The number of amides is 1. The first-order valence-electron chi connectivity index (χ1n) is 7.76. The van der Waals surface area contributed by atoms with Crippen LogP contribution < -0.4 is 10.6 Å². The zero-order chi connectivity index (χ0) is 18.0. The standard InChI is InChI=1S/C17H18N6O2/c1-3-22(11(2)24)13-6-4-12(5-7-13)15-8-9-19-17-14(16(18)21-25)10-20-23(15)17/h4-10,25H,3H2,1-2H3,(H2,18,21). The maximum atomic E-state index is 11.7. The molecule has 0 unspecified atom stereocenters. The third-order valence-electron chi connectivity index (χ3n) is 3.96. The van der Waals surface area contributed by atoms with Crippen molar-refractivity contribution in [3.05, 3.63) is 48.3 Å². The molecule has 3 aromatic rings. The van der Waals surface area contributed by atoms with Gasteiger partial charge in [-0.15, -0.1) is 0 Å². The van der Waals surface area contributed by atoms with E-state index in [0.717, 1.165) is 16.9 Å². The number of hydrogen-bond acceptors (Lipinski definition) is 5. The lowest BCUT2D eigenvalue weighted by molar-refractivity contribution is -0.116. The smallest absolute Gasteiger partial charge is 0.223 e. The summed E-state index contributed by atoms with van der Waals surface area (Å²) in [5.41, 5.74) is 9.16. The number of oxime groups is 1. The number of benzene rings is 1. The highest BCUT2D eigenvalue weighted by molar-refractivity contribution is 6.02. The van der Waals surface area contributed by atoms with Crippen LogP contribution >= 0.6 is 0 Å². The fourth-order valence-corrected chi connectivity index (χ4v) is 2.74. The Balaban J connectivity index is 2.05. The van der Waals surface area contributed by atoms with Gasteiger partial charge in [-0.25, -0.2) is 9.50 Å². The molecule has 128 valence electrons. The minimum Gasteiger partial charge on any atom is -0.409 e. The molecule has 3 N–H and O–H groups in total. The fourth-order valence-electron chi connectivity index (χ4n) is 2.74.